The SMILES string of the molecule is CCCS(=O)(=O)Nc1nccc(C2=Cc3cnc(NC)nc3N(C)C2O)c1F. The van der Waals surface area contributed by atoms with Gasteiger partial charge in [-0.2, -0.15) is 4.98 Å². The third-order valence-corrected chi connectivity index (χ3v) is 5.68. The van der Waals surface area contributed by atoms with Crippen LogP contribution in [0.15, 0.2) is 18.5 Å². The Morgan fingerprint density at radius 3 is 2.79 bits per heavy atom. The van der Waals surface area contributed by atoms with E-state index in [1.165, 1.54) is 17.2 Å². The Labute approximate surface area is 162 Å². The fraction of sp³-hybridized carbons (Fsp3) is 0.353. The van der Waals surface area contributed by atoms with Gasteiger partial charge < -0.3 is 15.3 Å². The van der Waals surface area contributed by atoms with E-state index in [4.69, 9.17) is 0 Å². The van der Waals surface area contributed by atoms with Gasteiger partial charge in [-0.25, -0.2) is 22.8 Å². The van der Waals surface area contributed by atoms with Crippen molar-refractivity contribution in [2.24, 2.45) is 0 Å². The molecular weight excluding hydrogens is 387 g/mol. The highest BCUT2D eigenvalue weighted by Gasteiger charge is 2.29. The Kier molecular flexibility index (Phi) is 5.47. The van der Waals surface area contributed by atoms with Crippen molar-refractivity contribution in [3.63, 3.8) is 0 Å². The molecule has 0 bridgehead atoms. The minimum absolute atomic E-state index is 0.0342. The smallest absolute Gasteiger partial charge is 0.233 e. The molecule has 28 heavy (non-hydrogen) atoms. The Bertz CT molecular complexity index is 1030. The quantitative estimate of drug-likeness (QED) is 0.658. The molecule has 3 rings (SSSR count). The summed E-state index contributed by atoms with van der Waals surface area (Å²) in [4.78, 5) is 13.7. The molecule has 0 saturated carbocycles. The fourth-order valence-corrected chi connectivity index (χ4v) is 3.95. The summed E-state index contributed by atoms with van der Waals surface area (Å²) in [5, 5.41) is 13.5. The number of aliphatic hydroxyl groups excluding tert-OH is 1. The lowest BCUT2D eigenvalue weighted by Gasteiger charge is -2.32. The van der Waals surface area contributed by atoms with Crippen LogP contribution in [0.5, 0.6) is 0 Å². The summed E-state index contributed by atoms with van der Waals surface area (Å²) in [6, 6.07) is 1.38. The summed E-state index contributed by atoms with van der Waals surface area (Å²) in [5.41, 5.74) is 0.865. The van der Waals surface area contributed by atoms with Gasteiger partial charge in [-0.1, -0.05) is 6.92 Å². The number of aromatic nitrogens is 3. The number of hydrogen-bond acceptors (Lipinski definition) is 8. The maximum Gasteiger partial charge on any atom is 0.233 e. The number of pyridine rings is 1. The molecule has 2 aromatic heterocycles. The first-order valence-corrected chi connectivity index (χ1v) is 10.2. The van der Waals surface area contributed by atoms with Gasteiger partial charge >= 0.3 is 0 Å². The van der Waals surface area contributed by atoms with Crippen LogP contribution in [-0.2, 0) is 10.0 Å². The van der Waals surface area contributed by atoms with Gasteiger partial charge in [0.2, 0.25) is 16.0 Å². The number of nitrogens with zero attached hydrogens (tertiary/aromatic N) is 4. The summed E-state index contributed by atoms with van der Waals surface area (Å²) in [7, 11) is -0.413. The largest absolute Gasteiger partial charge is 0.369 e. The van der Waals surface area contributed by atoms with Gasteiger partial charge in [0.15, 0.2) is 17.9 Å². The zero-order valence-corrected chi connectivity index (χ0v) is 16.5. The Hall–Kier alpha value is -2.79. The van der Waals surface area contributed by atoms with Crippen molar-refractivity contribution in [2.45, 2.75) is 19.6 Å². The highest BCUT2D eigenvalue weighted by atomic mass is 32.2. The molecule has 0 amide bonds. The number of anilines is 3. The van der Waals surface area contributed by atoms with Gasteiger partial charge in [0.1, 0.15) is 5.82 Å². The molecular formula is C17H21FN6O3S. The van der Waals surface area contributed by atoms with Crippen molar-refractivity contribution in [1.82, 2.24) is 15.0 Å². The van der Waals surface area contributed by atoms with Crippen LogP contribution in [0.3, 0.4) is 0 Å². The summed E-state index contributed by atoms with van der Waals surface area (Å²) >= 11 is 0. The number of likely N-dealkylation sites (N-methyl/N-ethyl adjacent to an activating group) is 1. The average Bonchev–Trinajstić information content (AvgIpc) is 2.66. The van der Waals surface area contributed by atoms with Gasteiger partial charge in [0.25, 0.3) is 0 Å². The van der Waals surface area contributed by atoms with Crippen molar-refractivity contribution in [1.29, 1.82) is 0 Å². The maximum absolute atomic E-state index is 15.0. The molecule has 1 unspecified atom stereocenters. The van der Waals surface area contributed by atoms with E-state index in [1.54, 1.807) is 33.3 Å². The van der Waals surface area contributed by atoms with Crippen molar-refractivity contribution >= 4 is 39.3 Å². The predicted molar refractivity (Wildman–Crippen MR) is 106 cm³/mol. The molecule has 0 aromatic carbocycles. The Morgan fingerprint density at radius 1 is 1.36 bits per heavy atom. The second kappa shape index (κ2) is 7.68. The molecule has 1 aliphatic heterocycles. The van der Waals surface area contributed by atoms with Crippen molar-refractivity contribution in [3.8, 4) is 0 Å². The summed E-state index contributed by atoms with van der Waals surface area (Å²) < 4.78 is 41.1. The monoisotopic (exact) mass is 408 g/mol. The first-order valence-electron chi connectivity index (χ1n) is 8.60. The van der Waals surface area contributed by atoms with Gasteiger partial charge in [0.05, 0.1) is 5.75 Å². The van der Waals surface area contributed by atoms with E-state index in [9.17, 15) is 13.5 Å². The van der Waals surface area contributed by atoms with Crippen LogP contribution in [0.4, 0.5) is 22.0 Å². The van der Waals surface area contributed by atoms with Crippen LogP contribution in [0, 0.1) is 5.82 Å². The van der Waals surface area contributed by atoms with Gasteiger partial charge in [-0.05, 0) is 18.6 Å². The number of nitrogens with one attached hydrogen (secondary N) is 2. The number of halogens is 1. The molecule has 0 fully saturated rings. The molecule has 2 aromatic rings. The van der Waals surface area contributed by atoms with Crippen LogP contribution < -0.4 is 14.9 Å². The van der Waals surface area contributed by atoms with Crippen LogP contribution >= 0.6 is 0 Å². The fourth-order valence-electron chi connectivity index (χ4n) is 2.88. The lowest BCUT2D eigenvalue weighted by molar-refractivity contribution is 0.231. The van der Waals surface area contributed by atoms with E-state index in [1.807, 2.05) is 0 Å². The molecule has 0 saturated heterocycles. The molecule has 0 aliphatic carbocycles. The molecule has 1 aliphatic rings. The minimum Gasteiger partial charge on any atom is -0.369 e. The number of rotatable bonds is 6. The molecule has 0 spiro atoms. The van der Waals surface area contributed by atoms with Crippen LogP contribution in [0.1, 0.15) is 24.5 Å². The number of sulfonamides is 1. The van der Waals surface area contributed by atoms with Crippen LogP contribution in [-0.4, -0.2) is 54.6 Å². The molecule has 1 atom stereocenters. The van der Waals surface area contributed by atoms with E-state index in [0.717, 1.165) is 0 Å². The number of hydrogen-bond donors (Lipinski definition) is 3. The van der Waals surface area contributed by atoms with E-state index in [2.05, 4.69) is 25.0 Å². The molecule has 0 radical (unpaired) electrons. The molecule has 3 heterocycles. The van der Waals surface area contributed by atoms with E-state index >= 15 is 4.39 Å². The Morgan fingerprint density at radius 2 is 2.11 bits per heavy atom. The van der Waals surface area contributed by atoms with E-state index in [-0.39, 0.29) is 16.9 Å². The second-order valence-corrected chi connectivity index (χ2v) is 8.09. The first-order chi connectivity index (χ1) is 13.3. The highest BCUT2D eigenvalue weighted by molar-refractivity contribution is 7.92. The maximum atomic E-state index is 15.0. The minimum atomic E-state index is -3.71. The van der Waals surface area contributed by atoms with Crippen LogP contribution in [0.2, 0.25) is 0 Å². The first kappa shape index (κ1) is 20.0. The standard InChI is InChI=1S/C17H21FN6O3S/c1-4-7-28(26,27)23-14-13(18)11(5-6-20-14)12-8-10-9-21-17(19-2)22-15(10)24(3)16(12)25/h5-6,8-9,16,25H,4,7H2,1-3H3,(H,20,23)(H,19,21,22). The van der Waals surface area contributed by atoms with Gasteiger partial charge in [0, 0.05) is 43.2 Å². The third-order valence-electron chi connectivity index (χ3n) is 4.23. The zero-order chi connectivity index (χ0) is 20.5. The van der Waals surface area contributed by atoms with Crippen molar-refractivity contribution in [2.75, 3.05) is 34.8 Å². The van der Waals surface area contributed by atoms with Gasteiger partial charge in [-0.15, -0.1) is 0 Å². The summed E-state index contributed by atoms with van der Waals surface area (Å²) in [6.07, 6.45) is 3.61. The number of aliphatic hydroxyl groups is 1. The second-order valence-electron chi connectivity index (χ2n) is 6.25. The summed E-state index contributed by atoms with van der Waals surface area (Å²) in [5.74, 6) is -0.553. The lowest BCUT2D eigenvalue weighted by atomic mass is 9.98. The topological polar surface area (TPSA) is 120 Å². The molecule has 150 valence electrons. The molecule has 3 N–H and O–H groups in total. The predicted octanol–water partition coefficient (Wildman–Crippen LogP) is 1.51. The molecule has 9 nitrogen and oxygen atoms in total. The Balaban J connectivity index is 2.05. The normalized spacial score (nSPS) is 16.4. The van der Waals surface area contributed by atoms with E-state index < -0.39 is 27.9 Å². The highest BCUT2D eigenvalue weighted by Crippen LogP contribution is 2.36. The zero-order valence-electron chi connectivity index (χ0n) is 15.6. The summed E-state index contributed by atoms with van der Waals surface area (Å²) in [6.45, 7) is 1.71. The third kappa shape index (κ3) is 3.76. The van der Waals surface area contributed by atoms with E-state index in [0.29, 0.717) is 23.8 Å². The molecule has 11 heteroatoms. The average molecular weight is 408 g/mol. The van der Waals surface area contributed by atoms with Crippen molar-refractivity contribution in [3.05, 3.63) is 35.4 Å². The van der Waals surface area contributed by atoms with Crippen molar-refractivity contribution < 1.29 is 17.9 Å². The van der Waals surface area contributed by atoms with Crippen LogP contribution in [0.25, 0.3) is 11.6 Å². The lowest BCUT2D eigenvalue weighted by Crippen LogP contribution is -2.36. The number of fused-ring (bicyclic) bond motifs is 1. The van der Waals surface area contributed by atoms with Gasteiger partial charge in [-0.3, -0.25) is 4.72 Å².